The van der Waals surface area contributed by atoms with Crippen LogP contribution in [0.3, 0.4) is 0 Å². The molecule has 0 aliphatic carbocycles. The third-order valence-electron chi connectivity index (χ3n) is 7.41. The lowest BCUT2D eigenvalue weighted by Crippen LogP contribution is -2.30. The van der Waals surface area contributed by atoms with Gasteiger partial charge in [0.1, 0.15) is 6.10 Å². The number of carbonyl (C=O) groups is 1. The van der Waals surface area contributed by atoms with Crippen molar-refractivity contribution in [2.75, 3.05) is 37.6 Å². The van der Waals surface area contributed by atoms with E-state index in [9.17, 15) is 4.79 Å². The lowest BCUT2D eigenvalue weighted by atomic mass is 9.79. The number of benzene rings is 1. The highest BCUT2D eigenvalue weighted by atomic mass is 16.6. The molecule has 0 aromatic heterocycles. The van der Waals surface area contributed by atoms with Gasteiger partial charge in [-0.25, -0.2) is 0 Å². The fourth-order valence-corrected chi connectivity index (χ4v) is 5.39. The smallest absolute Gasteiger partial charge is 0.312 e. The fourth-order valence-electron chi connectivity index (χ4n) is 5.39. The van der Waals surface area contributed by atoms with Gasteiger partial charge in [-0.1, -0.05) is 31.5 Å². The molecule has 0 radical (unpaired) electrons. The quantitative estimate of drug-likeness (QED) is 0.712. The molecule has 3 fully saturated rings. The van der Waals surface area contributed by atoms with Crippen LogP contribution in [0.2, 0.25) is 0 Å². The Morgan fingerprint density at radius 1 is 1.04 bits per heavy atom. The number of likely N-dealkylation sites (tertiary alicyclic amines) is 1. The van der Waals surface area contributed by atoms with Gasteiger partial charge in [0.2, 0.25) is 0 Å². The minimum absolute atomic E-state index is 0.0459. The van der Waals surface area contributed by atoms with Gasteiger partial charge in [0.25, 0.3) is 0 Å². The van der Waals surface area contributed by atoms with E-state index in [0.29, 0.717) is 0 Å². The molecule has 3 aliphatic heterocycles. The summed E-state index contributed by atoms with van der Waals surface area (Å²) in [6.07, 6.45) is 3.85. The summed E-state index contributed by atoms with van der Waals surface area (Å²) in [5, 5.41) is 0. The van der Waals surface area contributed by atoms with Crippen molar-refractivity contribution in [1.82, 2.24) is 4.90 Å². The minimum Gasteiger partial charge on any atom is -0.462 e. The molecular formula is C23H34N2O2. The molecule has 27 heavy (non-hydrogen) atoms. The van der Waals surface area contributed by atoms with Crippen molar-refractivity contribution in [3.63, 3.8) is 0 Å². The third-order valence-corrected chi connectivity index (χ3v) is 7.41. The molecule has 3 saturated heterocycles. The highest BCUT2D eigenvalue weighted by molar-refractivity contribution is 5.78. The second kappa shape index (κ2) is 7.46. The Balaban J connectivity index is 1.25. The van der Waals surface area contributed by atoms with E-state index >= 15 is 0 Å². The summed E-state index contributed by atoms with van der Waals surface area (Å²) in [4.78, 5) is 17.4. The normalized spacial score (nSPS) is 30.0. The monoisotopic (exact) mass is 370 g/mol. The molecule has 148 valence electrons. The number of fused-ring (bicyclic) bond motifs is 1. The van der Waals surface area contributed by atoms with Crippen LogP contribution in [-0.2, 0) is 9.53 Å². The first kappa shape index (κ1) is 18.8. The molecule has 3 atom stereocenters. The first-order valence-electron chi connectivity index (χ1n) is 10.8. The molecule has 1 aromatic rings. The van der Waals surface area contributed by atoms with Gasteiger partial charge in [0.05, 0.1) is 5.41 Å². The number of anilines is 1. The van der Waals surface area contributed by atoms with Crippen LogP contribution in [0, 0.1) is 24.2 Å². The largest absolute Gasteiger partial charge is 0.462 e. The minimum atomic E-state index is -0.208. The van der Waals surface area contributed by atoms with Crippen LogP contribution in [0.25, 0.3) is 0 Å². The van der Waals surface area contributed by atoms with E-state index in [0.717, 1.165) is 44.1 Å². The van der Waals surface area contributed by atoms with Crippen LogP contribution in [0.15, 0.2) is 24.3 Å². The summed E-state index contributed by atoms with van der Waals surface area (Å²) in [6.45, 7) is 12.2. The summed E-state index contributed by atoms with van der Waals surface area (Å²) in [7, 11) is 0. The molecule has 0 amide bonds. The van der Waals surface area contributed by atoms with Crippen molar-refractivity contribution in [3.8, 4) is 0 Å². The van der Waals surface area contributed by atoms with E-state index in [1.807, 2.05) is 0 Å². The molecule has 4 heteroatoms. The van der Waals surface area contributed by atoms with Crippen LogP contribution in [0.4, 0.5) is 5.69 Å². The van der Waals surface area contributed by atoms with Gasteiger partial charge in [-0.3, -0.25) is 4.79 Å². The first-order chi connectivity index (χ1) is 13.0. The molecule has 3 heterocycles. The molecular weight excluding hydrogens is 336 g/mol. The second-order valence-electron chi connectivity index (χ2n) is 9.03. The Hall–Kier alpha value is -1.55. The van der Waals surface area contributed by atoms with Gasteiger partial charge in [-0.05, 0) is 50.2 Å². The van der Waals surface area contributed by atoms with Gasteiger partial charge in [0.15, 0.2) is 0 Å². The van der Waals surface area contributed by atoms with Crippen molar-refractivity contribution >= 4 is 11.7 Å². The van der Waals surface area contributed by atoms with Crippen LogP contribution in [0.5, 0.6) is 0 Å². The van der Waals surface area contributed by atoms with Crippen LogP contribution in [0.1, 0.15) is 45.1 Å². The zero-order valence-corrected chi connectivity index (χ0v) is 17.1. The predicted octanol–water partition coefficient (Wildman–Crippen LogP) is 3.88. The maximum Gasteiger partial charge on any atom is 0.312 e. The summed E-state index contributed by atoms with van der Waals surface area (Å²) in [5.74, 6) is 1.61. The highest BCUT2D eigenvalue weighted by Crippen LogP contribution is 2.41. The number of aryl methyl sites for hydroxylation is 1. The molecule has 2 unspecified atom stereocenters. The highest BCUT2D eigenvalue weighted by Gasteiger charge is 2.46. The number of esters is 1. The van der Waals surface area contributed by atoms with Crippen molar-refractivity contribution in [1.29, 1.82) is 0 Å². The van der Waals surface area contributed by atoms with Crippen molar-refractivity contribution < 1.29 is 9.53 Å². The van der Waals surface area contributed by atoms with Gasteiger partial charge in [-0.15, -0.1) is 0 Å². The number of nitrogens with zero attached hydrogens (tertiary/aromatic N) is 2. The number of hydrogen-bond acceptors (Lipinski definition) is 4. The van der Waals surface area contributed by atoms with E-state index < -0.39 is 0 Å². The average Bonchev–Trinajstić information content (AvgIpc) is 3.32. The Morgan fingerprint density at radius 2 is 1.67 bits per heavy atom. The number of hydrogen-bond donors (Lipinski definition) is 0. The molecule has 0 N–H and O–H groups in total. The summed E-state index contributed by atoms with van der Waals surface area (Å²) in [6, 6.07) is 8.95. The SMILES string of the molecule is CCC1(CC)C[C@H](CCN2CC3CN(c4ccc(C)cc4)CC3C2)OC1=O. The molecule has 1 aromatic carbocycles. The van der Waals surface area contributed by atoms with Gasteiger partial charge in [0, 0.05) is 44.8 Å². The topological polar surface area (TPSA) is 32.8 Å². The summed E-state index contributed by atoms with van der Waals surface area (Å²) < 4.78 is 5.72. The molecule has 0 bridgehead atoms. The average molecular weight is 371 g/mol. The predicted molar refractivity (Wildman–Crippen MR) is 109 cm³/mol. The van der Waals surface area contributed by atoms with Crippen LogP contribution >= 0.6 is 0 Å². The Kier molecular flexibility index (Phi) is 5.19. The Morgan fingerprint density at radius 3 is 2.22 bits per heavy atom. The van der Waals surface area contributed by atoms with E-state index in [4.69, 9.17) is 4.74 Å². The third kappa shape index (κ3) is 3.61. The molecule has 0 saturated carbocycles. The van der Waals surface area contributed by atoms with Crippen LogP contribution < -0.4 is 4.90 Å². The summed E-state index contributed by atoms with van der Waals surface area (Å²) >= 11 is 0. The lowest BCUT2D eigenvalue weighted by molar-refractivity contribution is -0.149. The standard InChI is InChI=1S/C23H34N2O2/c1-4-23(5-2)12-21(27-22(23)26)10-11-24-13-18-15-25(16-19(18)14-24)20-8-6-17(3)7-9-20/h6-9,18-19,21H,4-5,10-16H2,1-3H3/t18?,19?,21-/m0/s1. The number of cyclic esters (lactones) is 1. The maximum atomic E-state index is 12.3. The molecule has 0 spiro atoms. The zero-order chi connectivity index (χ0) is 19.0. The van der Waals surface area contributed by atoms with Crippen molar-refractivity contribution in [2.24, 2.45) is 17.3 Å². The second-order valence-corrected chi connectivity index (χ2v) is 9.03. The zero-order valence-electron chi connectivity index (χ0n) is 17.1. The fraction of sp³-hybridized carbons (Fsp3) is 0.696. The number of carbonyl (C=O) groups excluding carboxylic acids is 1. The lowest BCUT2D eigenvalue weighted by Gasteiger charge is -2.24. The van der Waals surface area contributed by atoms with Crippen molar-refractivity contribution in [2.45, 2.75) is 52.6 Å². The van der Waals surface area contributed by atoms with E-state index in [1.165, 1.54) is 37.4 Å². The number of rotatable bonds is 6. The number of ether oxygens (including phenoxy) is 1. The van der Waals surface area contributed by atoms with Crippen molar-refractivity contribution in [3.05, 3.63) is 29.8 Å². The van der Waals surface area contributed by atoms with Gasteiger partial charge >= 0.3 is 5.97 Å². The van der Waals surface area contributed by atoms with Gasteiger partial charge in [-0.2, -0.15) is 0 Å². The molecule has 4 rings (SSSR count). The first-order valence-corrected chi connectivity index (χ1v) is 10.8. The Labute approximate surface area is 163 Å². The Bertz CT molecular complexity index is 653. The maximum absolute atomic E-state index is 12.3. The summed E-state index contributed by atoms with van der Waals surface area (Å²) in [5.41, 5.74) is 2.49. The van der Waals surface area contributed by atoms with E-state index in [2.05, 4.69) is 54.8 Å². The van der Waals surface area contributed by atoms with Crippen LogP contribution in [-0.4, -0.2) is 49.7 Å². The van der Waals surface area contributed by atoms with E-state index in [1.54, 1.807) is 0 Å². The van der Waals surface area contributed by atoms with Gasteiger partial charge < -0.3 is 14.5 Å². The molecule has 3 aliphatic rings. The molecule has 4 nitrogen and oxygen atoms in total. The van der Waals surface area contributed by atoms with E-state index in [-0.39, 0.29) is 17.5 Å².